The molecule has 0 aliphatic rings. The second-order valence-electron chi connectivity index (χ2n) is 5.87. The molecule has 4 rings (SSSR count). The van der Waals surface area contributed by atoms with Crippen LogP contribution >= 0.6 is 11.6 Å². The molecule has 2 N–H and O–H groups in total. The lowest BCUT2D eigenvalue weighted by molar-refractivity contribution is 0.874. The summed E-state index contributed by atoms with van der Waals surface area (Å²) >= 11 is 6.06. The quantitative estimate of drug-likeness (QED) is 0.553. The molecule has 124 valence electrons. The summed E-state index contributed by atoms with van der Waals surface area (Å²) < 4.78 is 0. The van der Waals surface area contributed by atoms with Gasteiger partial charge in [-0.15, -0.1) is 0 Å². The predicted molar refractivity (Wildman–Crippen MR) is 101 cm³/mol. The standard InChI is InChI=1S/C19H16ClN5/c1-12(13-3-2-4-16(20)7-13)24-19-11-21-18-8-14(5-6-17(18)25-19)15-9-22-23-10-15/h2-12H,1H3,(H,22,23)(H,24,25)/t12-/m1/s1. The molecule has 25 heavy (non-hydrogen) atoms. The average molecular weight is 350 g/mol. The molecule has 0 amide bonds. The van der Waals surface area contributed by atoms with Crippen molar-refractivity contribution in [3.05, 3.63) is 71.6 Å². The van der Waals surface area contributed by atoms with Crippen LogP contribution in [0.4, 0.5) is 5.82 Å². The van der Waals surface area contributed by atoms with Gasteiger partial charge in [0.25, 0.3) is 0 Å². The third kappa shape index (κ3) is 3.32. The van der Waals surface area contributed by atoms with Gasteiger partial charge in [-0.1, -0.05) is 29.8 Å². The van der Waals surface area contributed by atoms with Crippen molar-refractivity contribution in [2.75, 3.05) is 5.32 Å². The lowest BCUT2D eigenvalue weighted by Crippen LogP contribution is -2.08. The van der Waals surface area contributed by atoms with Crippen LogP contribution in [-0.4, -0.2) is 20.2 Å². The molecule has 2 aromatic carbocycles. The summed E-state index contributed by atoms with van der Waals surface area (Å²) in [6, 6.07) is 13.9. The van der Waals surface area contributed by atoms with Crippen LogP contribution in [0.2, 0.25) is 5.02 Å². The highest BCUT2D eigenvalue weighted by Gasteiger charge is 2.08. The second kappa shape index (κ2) is 6.53. The highest BCUT2D eigenvalue weighted by Crippen LogP contribution is 2.24. The Hall–Kier alpha value is -2.92. The Morgan fingerprint density at radius 1 is 1.04 bits per heavy atom. The van der Waals surface area contributed by atoms with Gasteiger partial charge in [-0.05, 0) is 42.3 Å². The smallest absolute Gasteiger partial charge is 0.145 e. The molecule has 0 aliphatic heterocycles. The summed E-state index contributed by atoms with van der Waals surface area (Å²) in [6.45, 7) is 2.07. The van der Waals surface area contributed by atoms with E-state index in [0.717, 1.165) is 38.6 Å². The van der Waals surface area contributed by atoms with E-state index in [1.807, 2.05) is 48.7 Å². The van der Waals surface area contributed by atoms with Crippen molar-refractivity contribution >= 4 is 28.5 Å². The number of nitrogens with one attached hydrogen (secondary N) is 2. The topological polar surface area (TPSA) is 66.5 Å². The largest absolute Gasteiger partial charge is 0.362 e. The van der Waals surface area contributed by atoms with Gasteiger partial charge in [-0.2, -0.15) is 5.10 Å². The first-order chi connectivity index (χ1) is 12.2. The number of H-pyrrole nitrogens is 1. The molecule has 6 heteroatoms. The molecule has 4 aromatic rings. The summed E-state index contributed by atoms with van der Waals surface area (Å²) in [5, 5.41) is 10.9. The fraction of sp³-hybridized carbons (Fsp3) is 0.105. The number of anilines is 1. The number of halogens is 1. The Balaban J connectivity index is 1.60. The molecule has 0 unspecified atom stereocenters. The summed E-state index contributed by atoms with van der Waals surface area (Å²) in [6.07, 6.45) is 5.40. The summed E-state index contributed by atoms with van der Waals surface area (Å²) in [4.78, 5) is 9.19. The van der Waals surface area contributed by atoms with Gasteiger partial charge in [0, 0.05) is 16.8 Å². The van der Waals surface area contributed by atoms with E-state index in [2.05, 4.69) is 32.4 Å². The minimum absolute atomic E-state index is 0.0793. The van der Waals surface area contributed by atoms with Crippen molar-refractivity contribution in [3.8, 4) is 11.1 Å². The molecule has 0 bridgehead atoms. The van der Waals surface area contributed by atoms with E-state index in [1.54, 1.807) is 12.4 Å². The highest BCUT2D eigenvalue weighted by molar-refractivity contribution is 6.30. The monoisotopic (exact) mass is 349 g/mol. The molecule has 2 aromatic heterocycles. The molecule has 0 fully saturated rings. The third-order valence-corrected chi connectivity index (χ3v) is 4.32. The number of hydrogen-bond acceptors (Lipinski definition) is 4. The van der Waals surface area contributed by atoms with E-state index < -0.39 is 0 Å². The zero-order valence-corrected chi connectivity index (χ0v) is 14.3. The highest BCUT2D eigenvalue weighted by atomic mass is 35.5. The fourth-order valence-electron chi connectivity index (χ4n) is 2.75. The number of fused-ring (bicyclic) bond motifs is 1. The van der Waals surface area contributed by atoms with Gasteiger partial charge >= 0.3 is 0 Å². The van der Waals surface area contributed by atoms with Crippen molar-refractivity contribution in [2.24, 2.45) is 0 Å². The summed E-state index contributed by atoms with van der Waals surface area (Å²) in [7, 11) is 0. The van der Waals surface area contributed by atoms with Crippen molar-refractivity contribution < 1.29 is 0 Å². The third-order valence-electron chi connectivity index (χ3n) is 4.09. The number of hydrogen-bond donors (Lipinski definition) is 2. The number of aromatic amines is 1. The zero-order valence-electron chi connectivity index (χ0n) is 13.6. The van der Waals surface area contributed by atoms with Crippen LogP contribution in [0.3, 0.4) is 0 Å². The SMILES string of the molecule is C[C@@H](Nc1cnc2cc(-c3cn[nH]c3)ccc2n1)c1cccc(Cl)c1. The predicted octanol–water partition coefficient (Wildman–Crippen LogP) is 4.85. The van der Waals surface area contributed by atoms with E-state index in [4.69, 9.17) is 11.6 Å². The first-order valence-electron chi connectivity index (χ1n) is 7.97. The van der Waals surface area contributed by atoms with Crippen LogP contribution in [0.5, 0.6) is 0 Å². The van der Waals surface area contributed by atoms with E-state index in [9.17, 15) is 0 Å². The van der Waals surface area contributed by atoms with Gasteiger partial charge in [0.1, 0.15) is 5.82 Å². The molecule has 0 aliphatic carbocycles. The number of nitrogens with zero attached hydrogens (tertiary/aromatic N) is 3. The van der Waals surface area contributed by atoms with Gasteiger partial charge in [0.05, 0.1) is 29.5 Å². The van der Waals surface area contributed by atoms with E-state index in [1.165, 1.54) is 0 Å². The lowest BCUT2D eigenvalue weighted by Gasteiger charge is -2.15. The minimum Gasteiger partial charge on any atom is -0.362 e. The molecule has 0 spiro atoms. The minimum atomic E-state index is 0.0793. The molecule has 0 saturated heterocycles. The van der Waals surface area contributed by atoms with Gasteiger partial charge in [0.15, 0.2) is 0 Å². The summed E-state index contributed by atoms with van der Waals surface area (Å²) in [5.41, 5.74) is 4.88. The number of benzene rings is 2. The second-order valence-corrected chi connectivity index (χ2v) is 6.30. The van der Waals surface area contributed by atoms with Gasteiger partial charge in [-0.3, -0.25) is 10.1 Å². The lowest BCUT2D eigenvalue weighted by atomic mass is 10.1. The first-order valence-corrected chi connectivity index (χ1v) is 8.35. The molecule has 0 saturated carbocycles. The maximum absolute atomic E-state index is 6.06. The van der Waals surface area contributed by atoms with Crippen LogP contribution in [0.25, 0.3) is 22.2 Å². The fourth-order valence-corrected chi connectivity index (χ4v) is 2.95. The van der Waals surface area contributed by atoms with E-state index >= 15 is 0 Å². The maximum Gasteiger partial charge on any atom is 0.145 e. The maximum atomic E-state index is 6.06. The number of rotatable bonds is 4. The molecule has 1 atom stereocenters. The molecular formula is C19H16ClN5. The van der Waals surface area contributed by atoms with E-state index in [0.29, 0.717) is 0 Å². The number of aromatic nitrogens is 4. The zero-order chi connectivity index (χ0) is 17.2. The summed E-state index contributed by atoms with van der Waals surface area (Å²) in [5.74, 6) is 0.732. The molecule has 5 nitrogen and oxygen atoms in total. The van der Waals surface area contributed by atoms with Crippen LogP contribution < -0.4 is 5.32 Å². The van der Waals surface area contributed by atoms with Gasteiger partial charge in [-0.25, -0.2) is 4.98 Å². The first kappa shape index (κ1) is 15.6. The van der Waals surface area contributed by atoms with Crippen molar-refractivity contribution in [1.82, 2.24) is 20.2 Å². The molecule has 0 radical (unpaired) electrons. The normalized spacial score (nSPS) is 12.2. The van der Waals surface area contributed by atoms with E-state index in [-0.39, 0.29) is 6.04 Å². The molecular weight excluding hydrogens is 334 g/mol. The van der Waals surface area contributed by atoms with Gasteiger partial charge in [0.2, 0.25) is 0 Å². The Kier molecular flexibility index (Phi) is 4.07. The molecule has 2 heterocycles. The van der Waals surface area contributed by atoms with Crippen molar-refractivity contribution in [2.45, 2.75) is 13.0 Å². The van der Waals surface area contributed by atoms with Crippen LogP contribution in [0.15, 0.2) is 61.1 Å². The van der Waals surface area contributed by atoms with Crippen LogP contribution in [-0.2, 0) is 0 Å². The van der Waals surface area contributed by atoms with Crippen LogP contribution in [0.1, 0.15) is 18.5 Å². The Bertz CT molecular complexity index is 1010. The Labute approximate surface area is 150 Å². The Morgan fingerprint density at radius 2 is 1.96 bits per heavy atom. The van der Waals surface area contributed by atoms with Crippen molar-refractivity contribution in [1.29, 1.82) is 0 Å². The average Bonchev–Trinajstić information content (AvgIpc) is 3.16. The Morgan fingerprint density at radius 3 is 2.76 bits per heavy atom. The van der Waals surface area contributed by atoms with Crippen molar-refractivity contribution in [3.63, 3.8) is 0 Å². The van der Waals surface area contributed by atoms with Crippen LogP contribution in [0, 0.1) is 0 Å². The van der Waals surface area contributed by atoms with Gasteiger partial charge < -0.3 is 5.32 Å².